The highest BCUT2D eigenvalue weighted by atomic mass is 14.5. The topological polar surface area (TPSA) is 0 Å². The number of unbranched alkanes of at least 4 members (excludes halogenated alkanes) is 12. The molecule has 0 heteroatoms. The molecule has 9 rings (SSSR count). The van der Waals surface area contributed by atoms with Crippen LogP contribution < -0.4 is 0 Å². The highest BCUT2D eigenvalue weighted by Gasteiger charge is 2.51. The molecule has 0 nitrogen and oxygen atoms in total. The highest BCUT2D eigenvalue weighted by Crippen LogP contribution is 2.62. The van der Waals surface area contributed by atoms with Gasteiger partial charge >= 0.3 is 0 Å². The Balaban J connectivity index is 1.31. The quantitative estimate of drug-likeness (QED) is 0.0596. The fraction of sp³-hybridized carbons (Fsp3) is 0.446. The van der Waals surface area contributed by atoms with Crippen molar-refractivity contribution >= 4 is 0 Å². The van der Waals surface area contributed by atoms with Crippen LogP contribution >= 0.6 is 0 Å². The van der Waals surface area contributed by atoms with Gasteiger partial charge in [0.2, 0.25) is 0 Å². The summed E-state index contributed by atoms with van der Waals surface area (Å²) < 4.78 is 0. The minimum absolute atomic E-state index is 0.0137. The standard InChI is InChI=1S/C65H78/c1-7-11-15-23-39-63(40-24-16-12-8-2)57-29-21-19-27-51(57)53-37-33-49(45-59(53)63)65(61-43-47(5)31-35-55(61)56-36-32-48(6)44-62(56)65)50-34-38-54-52-28-20-22-30-58(52)64(60(54)46-50,41-25-17-13-9-3)42-26-18-14-10-4/h19-22,27-38,43-46H,7-18,23-26,39-42H2,1-6H3. The molecule has 3 aliphatic carbocycles. The highest BCUT2D eigenvalue weighted by molar-refractivity contribution is 5.90. The fourth-order valence-corrected chi connectivity index (χ4v) is 13.5. The summed E-state index contributed by atoms with van der Waals surface area (Å²) in [6.45, 7) is 14.0. The van der Waals surface area contributed by atoms with Crippen LogP contribution in [0.2, 0.25) is 0 Å². The zero-order valence-electron chi connectivity index (χ0n) is 41.2. The Morgan fingerprint density at radius 3 is 0.985 bits per heavy atom. The first-order valence-corrected chi connectivity index (χ1v) is 26.6. The molecule has 6 aromatic carbocycles. The first kappa shape index (κ1) is 45.5. The van der Waals surface area contributed by atoms with Crippen LogP contribution in [0.3, 0.4) is 0 Å². The van der Waals surface area contributed by atoms with E-state index in [9.17, 15) is 0 Å². The van der Waals surface area contributed by atoms with Crippen molar-refractivity contribution in [2.45, 2.75) is 186 Å². The van der Waals surface area contributed by atoms with Gasteiger partial charge in [0.05, 0.1) is 5.41 Å². The van der Waals surface area contributed by atoms with E-state index >= 15 is 0 Å². The molecule has 0 atom stereocenters. The molecule has 0 saturated heterocycles. The normalized spacial score (nSPS) is 15.3. The Bertz CT molecular complexity index is 2390. The number of rotatable bonds is 22. The third kappa shape index (κ3) is 7.87. The lowest BCUT2D eigenvalue weighted by Crippen LogP contribution is -2.32. The van der Waals surface area contributed by atoms with Gasteiger partial charge in [-0.05, 0) is 117 Å². The van der Waals surface area contributed by atoms with Crippen LogP contribution in [0.1, 0.15) is 212 Å². The second-order valence-corrected chi connectivity index (χ2v) is 20.9. The molecule has 6 aromatic rings. The third-order valence-corrected chi connectivity index (χ3v) is 16.7. The van der Waals surface area contributed by atoms with Crippen molar-refractivity contribution in [1.82, 2.24) is 0 Å². The Morgan fingerprint density at radius 2 is 0.615 bits per heavy atom. The molecule has 0 amide bonds. The maximum atomic E-state index is 2.78. The molecule has 338 valence electrons. The Labute approximate surface area is 394 Å². The van der Waals surface area contributed by atoms with Crippen LogP contribution in [0.5, 0.6) is 0 Å². The van der Waals surface area contributed by atoms with E-state index in [4.69, 9.17) is 0 Å². The third-order valence-electron chi connectivity index (χ3n) is 16.7. The van der Waals surface area contributed by atoms with Gasteiger partial charge in [-0.25, -0.2) is 0 Å². The minimum atomic E-state index is -0.470. The van der Waals surface area contributed by atoms with E-state index in [0.29, 0.717) is 0 Å². The Morgan fingerprint density at radius 1 is 0.292 bits per heavy atom. The molecule has 0 fully saturated rings. The first-order chi connectivity index (χ1) is 31.9. The molecular weight excluding hydrogens is 781 g/mol. The lowest BCUT2D eigenvalue weighted by Gasteiger charge is -2.38. The van der Waals surface area contributed by atoms with Crippen molar-refractivity contribution in [1.29, 1.82) is 0 Å². The van der Waals surface area contributed by atoms with Crippen LogP contribution in [-0.2, 0) is 16.2 Å². The van der Waals surface area contributed by atoms with E-state index in [-0.39, 0.29) is 10.8 Å². The molecular formula is C65H78. The lowest BCUT2D eigenvalue weighted by atomic mass is 9.63. The summed E-state index contributed by atoms with van der Waals surface area (Å²) in [7, 11) is 0. The van der Waals surface area contributed by atoms with Crippen molar-refractivity contribution in [3.63, 3.8) is 0 Å². The van der Waals surface area contributed by atoms with Gasteiger partial charge in [0, 0.05) is 10.8 Å². The summed E-state index contributed by atoms with van der Waals surface area (Å²) in [5.41, 5.74) is 23.1. The van der Waals surface area contributed by atoms with Crippen LogP contribution in [0.25, 0.3) is 33.4 Å². The largest absolute Gasteiger partial charge is 0.0713 e. The SMILES string of the molecule is CCCCCCC1(CCCCCC)c2ccccc2-c2ccc(C3(c4ccc5c(c4)C(CCCCCC)(CCCCCC)c4ccccc4-5)c4cc(C)ccc4-c4ccc(C)cc43)cc21. The summed E-state index contributed by atoms with van der Waals surface area (Å²) >= 11 is 0. The fourth-order valence-electron chi connectivity index (χ4n) is 13.5. The van der Waals surface area contributed by atoms with Crippen molar-refractivity contribution in [2.75, 3.05) is 0 Å². The number of fused-ring (bicyclic) bond motifs is 9. The second-order valence-electron chi connectivity index (χ2n) is 20.9. The van der Waals surface area contributed by atoms with Gasteiger partial charge in [-0.3, -0.25) is 0 Å². The molecule has 0 aliphatic heterocycles. The molecule has 0 heterocycles. The zero-order valence-corrected chi connectivity index (χ0v) is 41.2. The maximum absolute atomic E-state index is 2.78. The molecule has 0 saturated carbocycles. The lowest BCUT2D eigenvalue weighted by molar-refractivity contribution is 0.400. The molecule has 0 aromatic heterocycles. The van der Waals surface area contributed by atoms with E-state index in [1.807, 2.05) is 0 Å². The van der Waals surface area contributed by atoms with Crippen LogP contribution in [0.15, 0.2) is 121 Å². The maximum Gasteiger partial charge on any atom is 0.0713 e. The number of aryl methyl sites for hydroxylation is 2. The van der Waals surface area contributed by atoms with E-state index in [1.165, 1.54) is 195 Å². The molecule has 3 aliphatic rings. The van der Waals surface area contributed by atoms with Gasteiger partial charge in [0.15, 0.2) is 0 Å². The van der Waals surface area contributed by atoms with Gasteiger partial charge in [-0.2, -0.15) is 0 Å². The zero-order chi connectivity index (χ0) is 45.0. The molecule has 65 heavy (non-hydrogen) atoms. The van der Waals surface area contributed by atoms with Gasteiger partial charge in [-0.15, -0.1) is 0 Å². The summed E-state index contributed by atoms with van der Waals surface area (Å²) in [6.07, 6.45) is 25.6. The van der Waals surface area contributed by atoms with E-state index in [2.05, 4.69) is 163 Å². The van der Waals surface area contributed by atoms with Crippen molar-refractivity contribution in [3.05, 3.63) is 177 Å². The van der Waals surface area contributed by atoms with Crippen LogP contribution in [0, 0.1) is 13.8 Å². The molecule has 0 N–H and O–H groups in total. The van der Waals surface area contributed by atoms with Crippen molar-refractivity contribution in [2.24, 2.45) is 0 Å². The van der Waals surface area contributed by atoms with Crippen LogP contribution in [0.4, 0.5) is 0 Å². The molecule has 0 spiro atoms. The Hall–Kier alpha value is -4.68. The van der Waals surface area contributed by atoms with Crippen LogP contribution in [-0.4, -0.2) is 0 Å². The van der Waals surface area contributed by atoms with Gasteiger partial charge in [0.1, 0.15) is 0 Å². The number of hydrogen-bond donors (Lipinski definition) is 0. The minimum Gasteiger partial charge on any atom is -0.0654 e. The molecule has 0 bridgehead atoms. The van der Waals surface area contributed by atoms with E-state index in [1.54, 1.807) is 22.3 Å². The number of hydrogen-bond acceptors (Lipinski definition) is 0. The van der Waals surface area contributed by atoms with Crippen molar-refractivity contribution < 1.29 is 0 Å². The van der Waals surface area contributed by atoms with E-state index < -0.39 is 5.41 Å². The average molecular weight is 859 g/mol. The van der Waals surface area contributed by atoms with Gasteiger partial charge < -0.3 is 0 Å². The van der Waals surface area contributed by atoms with E-state index in [0.717, 1.165) is 0 Å². The predicted molar refractivity (Wildman–Crippen MR) is 281 cm³/mol. The van der Waals surface area contributed by atoms with Crippen molar-refractivity contribution in [3.8, 4) is 33.4 Å². The number of benzene rings is 6. The summed E-state index contributed by atoms with van der Waals surface area (Å²) in [5.74, 6) is 0. The monoisotopic (exact) mass is 859 g/mol. The Kier molecular flexibility index (Phi) is 13.7. The molecule has 0 radical (unpaired) electrons. The summed E-state index contributed by atoms with van der Waals surface area (Å²) in [6, 6.07) is 49.7. The second kappa shape index (κ2) is 19.7. The summed E-state index contributed by atoms with van der Waals surface area (Å²) in [5, 5.41) is 0. The van der Waals surface area contributed by atoms with Gasteiger partial charge in [-0.1, -0.05) is 263 Å². The first-order valence-electron chi connectivity index (χ1n) is 26.6. The summed E-state index contributed by atoms with van der Waals surface area (Å²) in [4.78, 5) is 0. The average Bonchev–Trinajstić information content (AvgIpc) is 3.88. The molecule has 0 unspecified atom stereocenters. The van der Waals surface area contributed by atoms with Gasteiger partial charge in [0.25, 0.3) is 0 Å². The smallest absolute Gasteiger partial charge is 0.0654 e. The predicted octanol–water partition coefficient (Wildman–Crippen LogP) is 19.1.